The van der Waals surface area contributed by atoms with E-state index >= 15 is 0 Å². The lowest BCUT2D eigenvalue weighted by Gasteiger charge is -2.22. The Labute approximate surface area is 88.8 Å². The lowest BCUT2D eigenvalue weighted by atomic mass is 10.1. The molecule has 14 heavy (non-hydrogen) atoms. The van der Waals surface area contributed by atoms with Gasteiger partial charge in [0.2, 0.25) is 0 Å². The van der Waals surface area contributed by atoms with Crippen molar-refractivity contribution in [3.63, 3.8) is 0 Å². The molecule has 0 bridgehead atoms. The summed E-state index contributed by atoms with van der Waals surface area (Å²) in [6.45, 7) is 8.08. The van der Waals surface area contributed by atoms with Gasteiger partial charge in [0, 0.05) is 18.1 Å². The zero-order chi connectivity index (χ0) is 10.4. The Hall–Kier alpha value is -0.0800. The molecule has 1 rings (SSSR count). The van der Waals surface area contributed by atoms with E-state index in [1.165, 1.54) is 38.6 Å². The van der Waals surface area contributed by atoms with Gasteiger partial charge in [-0.05, 0) is 46.1 Å². The lowest BCUT2D eigenvalue weighted by Crippen LogP contribution is -2.38. The summed E-state index contributed by atoms with van der Waals surface area (Å²) in [6.07, 6.45) is 6.59. The summed E-state index contributed by atoms with van der Waals surface area (Å²) in [7, 11) is 0. The van der Waals surface area contributed by atoms with E-state index < -0.39 is 0 Å². The summed E-state index contributed by atoms with van der Waals surface area (Å²) >= 11 is 0. The first kappa shape index (κ1) is 12.0. The van der Waals surface area contributed by atoms with E-state index in [2.05, 4.69) is 31.4 Å². The van der Waals surface area contributed by atoms with Gasteiger partial charge in [-0.2, -0.15) is 0 Å². The number of rotatable bonds is 6. The van der Waals surface area contributed by atoms with Crippen LogP contribution in [0.2, 0.25) is 0 Å². The SMILES string of the molecule is CCCC(C)NC(C)CC1CCCN1. The predicted octanol–water partition coefficient (Wildman–Crippen LogP) is 2.30. The highest BCUT2D eigenvalue weighted by Gasteiger charge is 2.17. The van der Waals surface area contributed by atoms with Gasteiger partial charge in [-0.1, -0.05) is 13.3 Å². The first-order valence-electron chi connectivity index (χ1n) is 6.21. The Kier molecular flexibility index (Phi) is 5.49. The molecule has 0 aromatic heterocycles. The van der Waals surface area contributed by atoms with Crippen molar-refractivity contribution in [1.29, 1.82) is 0 Å². The van der Waals surface area contributed by atoms with Crippen molar-refractivity contribution >= 4 is 0 Å². The van der Waals surface area contributed by atoms with Crippen LogP contribution in [-0.4, -0.2) is 24.7 Å². The summed E-state index contributed by atoms with van der Waals surface area (Å²) in [5.74, 6) is 0. The minimum absolute atomic E-state index is 0.659. The van der Waals surface area contributed by atoms with Crippen LogP contribution in [0.1, 0.15) is 52.9 Å². The molecule has 0 aromatic rings. The Morgan fingerprint density at radius 3 is 2.71 bits per heavy atom. The highest BCUT2D eigenvalue weighted by atomic mass is 15.0. The molecule has 1 saturated heterocycles. The minimum Gasteiger partial charge on any atom is -0.314 e. The molecule has 1 aliphatic heterocycles. The fourth-order valence-corrected chi connectivity index (χ4v) is 2.45. The molecule has 0 aromatic carbocycles. The average Bonchev–Trinajstić information content (AvgIpc) is 2.56. The molecule has 3 unspecified atom stereocenters. The molecule has 2 heteroatoms. The Balaban J connectivity index is 2.10. The maximum Gasteiger partial charge on any atom is 0.00822 e. The van der Waals surface area contributed by atoms with Gasteiger partial charge in [0.25, 0.3) is 0 Å². The van der Waals surface area contributed by atoms with E-state index in [1.54, 1.807) is 0 Å². The van der Waals surface area contributed by atoms with Crippen LogP contribution in [-0.2, 0) is 0 Å². The summed E-state index contributed by atoms with van der Waals surface area (Å²) in [6, 6.07) is 2.11. The van der Waals surface area contributed by atoms with E-state index in [0.29, 0.717) is 12.1 Å². The van der Waals surface area contributed by atoms with Gasteiger partial charge in [-0.25, -0.2) is 0 Å². The van der Waals surface area contributed by atoms with Crippen LogP contribution in [0.25, 0.3) is 0 Å². The predicted molar refractivity (Wildman–Crippen MR) is 62.6 cm³/mol. The zero-order valence-corrected chi connectivity index (χ0v) is 9.97. The van der Waals surface area contributed by atoms with Crippen LogP contribution in [0.3, 0.4) is 0 Å². The third-order valence-corrected chi connectivity index (χ3v) is 3.09. The summed E-state index contributed by atoms with van der Waals surface area (Å²) in [4.78, 5) is 0. The summed E-state index contributed by atoms with van der Waals surface area (Å²) in [5, 5.41) is 7.22. The van der Waals surface area contributed by atoms with Gasteiger partial charge in [0.15, 0.2) is 0 Å². The van der Waals surface area contributed by atoms with Gasteiger partial charge in [0.05, 0.1) is 0 Å². The van der Waals surface area contributed by atoms with Gasteiger partial charge in [-0.15, -0.1) is 0 Å². The third kappa shape index (κ3) is 4.43. The molecule has 0 spiro atoms. The Bertz CT molecular complexity index is 141. The van der Waals surface area contributed by atoms with Gasteiger partial charge in [-0.3, -0.25) is 0 Å². The average molecular weight is 198 g/mol. The van der Waals surface area contributed by atoms with Crippen LogP contribution in [0, 0.1) is 0 Å². The smallest absolute Gasteiger partial charge is 0.00822 e. The van der Waals surface area contributed by atoms with Crippen molar-refractivity contribution in [2.45, 2.75) is 71.0 Å². The molecular formula is C12H26N2. The van der Waals surface area contributed by atoms with Crippen molar-refractivity contribution in [2.24, 2.45) is 0 Å². The lowest BCUT2D eigenvalue weighted by molar-refractivity contribution is 0.390. The standard InChI is InChI=1S/C12H26N2/c1-4-6-10(2)14-11(3)9-12-7-5-8-13-12/h10-14H,4-9H2,1-3H3. The number of nitrogens with one attached hydrogen (secondary N) is 2. The van der Waals surface area contributed by atoms with E-state index in [4.69, 9.17) is 0 Å². The van der Waals surface area contributed by atoms with Crippen LogP contribution in [0.5, 0.6) is 0 Å². The van der Waals surface area contributed by atoms with E-state index in [1.807, 2.05) is 0 Å². The molecule has 0 radical (unpaired) electrons. The topological polar surface area (TPSA) is 24.1 Å². The second-order valence-corrected chi connectivity index (χ2v) is 4.79. The van der Waals surface area contributed by atoms with Crippen LogP contribution in [0.15, 0.2) is 0 Å². The maximum absolute atomic E-state index is 3.67. The minimum atomic E-state index is 0.659. The molecule has 0 aliphatic carbocycles. The molecule has 2 nitrogen and oxygen atoms in total. The third-order valence-electron chi connectivity index (χ3n) is 3.09. The maximum atomic E-state index is 3.67. The summed E-state index contributed by atoms with van der Waals surface area (Å²) < 4.78 is 0. The summed E-state index contributed by atoms with van der Waals surface area (Å²) in [5.41, 5.74) is 0. The highest BCUT2D eigenvalue weighted by Crippen LogP contribution is 2.11. The van der Waals surface area contributed by atoms with Crippen LogP contribution < -0.4 is 10.6 Å². The van der Waals surface area contributed by atoms with Crippen molar-refractivity contribution in [3.05, 3.63) is 0 Å². The van der Waals surface area contributed by atoms with Crippen LogP contribution in [0.4, 0.5) is 0 Å². The van der Waals surface area contributed by atoms with E-state index in [9.17, 15) is 0 Å². The van der Waals surface area contributed by atoms with Crippen LogP contribution >= 0.6 is 0 Å². The second kappa shape index (κ2) is 6.41. The van der Waals surface area contributed by atoms with Gasteiger partial charge < -0.3 is 10.6 Å². The van der Waals surface area contributed by atoms with Gasteiger partial charge in [0.1, 0.15) is 0 Å². The fourth-order valence-electron chi connectivity index (χ4n) is 2.45. The zero-order valence-electron chi connectivity index (χ0n) is 9.97. The Morgan fingerprint density at radius 2 is 2.14 bits per heavy atom. The van der Waals surface area contributed by atoms with Crippen molar-refractivity contribution < 1.29 is 0 Å². The number of hydrogen-bond donors (Lipinski definition) is 2. The van der Waals surface area contributed by atoms with Crippen molar-refractivity contribution in [2.75, 3.05) is 6.54 Å². The molecule has 0 saturated carbocycles. The molecular weight excluding hydrogens is 172 g/mol. The van der Waals surface area contributed by atoms with E-state index in [-0.39, 0.29) is 0 Å². The van der Waals surface area contributed by atoms with Crippen molar-refractivity contribution in [3.8, 4) is 0 Å². The monoisotopic (exact) mass is 198 g/mol. The molecule has 2 N–H and O–H groups in total. The quantitative estimate of drug-likeness (QED) is 0.684. The second-order valence-electron chi connectivity index (χ2n) is 4.79. The van der Waals surface area contributed by atoms with Gasteiger partial charge >= 0.3 is 0 Å². The first-order valence-corrected chi connectivity index (χ1v) is 6.21. The molecule has 1 aliphatic rings. The highest BCUT2D eigenvalue weighted by molar-refractivity contribution is 4.79. The fraction of sp³-hybridized carbons (Fsp3) is 1.00. The molecule has 3 atom stereocenters. The van der Waals surface area contributed by atoms with E-state index in [0.717, 1.165) is 6.04 Å². The first-order chi connectivity index (χ1) is 6.72. The molecule has 84 valence electrons. The number of hydrogen-bond acceptors (Lipinski definition) is 2. The molecule has 1 fully saturated rings. The van der Waals surface area contributed by atoms with Crippen molar-refractivity contribution in [1.82, 2.24) is 10.6 Å². The molecule has 0 amide bonds. The molecule has 1 heterocycles. The largest absolute Gasteiger partial charge is 0.314 e. The normalized spacial score (nSPS) is 26.4. The Morgan fingerprint density at radius 1 is 1.36 bits per heavy atom.